The maximum Gasteiger partial charge on any atom is 0.0109 e. The molecule has 2 heteroatoms. The predicted molar refractivity (Wildman–Crippen MR) is 74.3 cm³/mol. The lowest BCUT2D eigenvalue weighted by Gasteiger charge is -2.32. The molecule has 17 heavy (non-hydrogen) atoms. The van der Waals surface area contributed by atoms with Gasteiger partial charge in [-0.2, -0.15) is 0 Å². The smallest absolute Gasteiger partial charge is 0.0109 e. The normalized spacial score (nSPS) is 30.4. The number of likely N-dealkylation sites (tertiary alicyclic amines) is 2. The van der Waals surface area contributed by atoms with Gasteiger partial charge in [0.05, 0.1) is 0 Å². The fourth-order valence-corrected chi connectivity index (χ4v) is 3.11. The third kappa shape index (κ3) is 4.59. The van der Waals surface area contributed by atoms with Gasteiger partial charge in [-0.25, -0.2) is 0 Å². The van der Waals surface area contributed by atoms with Gasteiger partial charge < -0.3 is 9.80 Å². The second kappa shape index (κ2) is 6.75. The van der Waals surface area contributed by atoms with Crippen LogP contribution in [0.3, 0.4) is 0 Å². The first-order valence-electron chi connectivity index (χ1n) is 7.69. The Morgan fingerprint density at radius 1 is 0.706 bits per heavy atom. The lowest BCUT2D eigenvalue weighted by molar-refractivity contribution is 0.162. The van der Waals surface area contributed by atoms with Gasteiger partial charge in [0.25, 0.3) is 0 Å². The van der Waals surface area contributed by atoms with Crippen molar-refractivity contribution in [2.75, 3.05) is 39.3 Å². The van der Waals surface area contributed by atoms with Crippen molar-refractivity contribution in [3.05, 3.63) is 0 Å². The zero-order valence-corrected chi connectivity index (χ0v) is 11.8. The Kier molecular flexibility index (Phi) is 5.30. The third-order valence-electron chi connectivity index (χ3n) is 4.72. The van der Waals surface area contributed by atoms with E-state index >= 15 is 0 Å². The van der Waals surface area contributed by atoms with E-state index in [1.54, 1.807) is 0 Å². The minimum Gasteiger partial charge on any atom is -0.302 e. The van der Waals surface area contributed by atoms with Crippen LogP contribution in [-0.4, -0.2) is 49.1 Å². The molecule has 1 unspecified atom stereocenters. The van der Waals surface area contributed by atoms with Gasteiger partial charge in [-0.3, -0.25) is 0 Å². The maximum atomic E-state index is 2.70. The molecule has 2 fully saturated rings. The molecular formula is C15H30N2. The van der Waals surface area contributed by atoms with Crippen LogP contribution in [0.25, 0.3) is 0 Å². The van der Waals surface area contributed by atoms with Crippen LogP contribution in [0.1, 0.15) is 46.0 Å². The Bertz CT molecular complexity index is 209. The maximum absolute atomic E-state index is 2.70. The number of rotatable bonds is 3. The molecule has 0 aromatic rings. The average Bonchev–Trinajstić information content (AvgIpc) is 2.54. The third-order valence-corrected chi connectivity index (χ3v) is 4.72. The summed E-state index contributed by atoms with van der Waals surface area (Å²) in [4.78, 5) is 5.37. The molecule has 2 aliphatic rings. The number of nitrogens with zero attached hydrogens (tertiary/aromatic N) is 2. The number of piperidine rings is 1. The molecule has 0 spiro atoms. The lowest BCUT2D eigenvalue weighted by atomic mass is 9.99. The Morgan fingerprint density at radius 3 is 1.76 bits per heavy atom. The van der Waals surface area contributed by atoms with Gasteiger partial charge in [0.2, 0.25) is 0 Å². The van der Waals surface area contributed by atoms with E-state index in [9.17, 15) is 0 Å². The van der Waals surface area contributed by atoms with Crippen molar-refractivity contribution in [1.29, 1.82) is 0 Å². The monoisotopic (exact) mass is 238 g/mol. The summed E-state index contributed by atoms with van der Waals surface area (Å²) in [7, 11) is 0. The largest absolute Gasteiger partial charge is 0.302 e. The molecule has 2 saturated heterocycles. The van der Waals surface area contributed by atoms with Crippen molar-refractivity contribution >= 4 is 0 Å². The molecule has 0 aromatic heterocycles. The Balaban J connectivity index is 1.64. The van der Waals surface area contributed by atoms with Crippen LogP contribution in [0, 0.1) is 11.8 Å². The average molecular weight is 238 g/mol. The second-order valence-corrected chi connectivity index (χ2v) is 6.40. The summed E-state index contributed by atoms with van der Waals surface area (Å²) in [5, 5.41) is 0. The Morgan fingerprint density at radius 2 is 1.18 bits per heavy atom. The van der Waals surface area contributed by atoms with Gasteiger partial charge in [0, 0.05) is 13.1 Å². The zero-order valence-electron chi connectivity index (χ0n) is 11.8. The summed E-state index contributed by atoms with van der Waals surface area (Å²) in [6, 6.07) is 0. The van der Waals surface area contributed by atoms with E-state index in [-0.39, 0.29) is 0 Å². The minimum atomic E-state index is 0.954. The SMILES string of the molecule is CC1CCCN(CCN2CCC(C)CC2)CC1. The van der Waals surface area contributed by atoms with E-state index in [1.807, 2.05) is 0 Å². The molecule has 1 atom stereocenters. The molecule has 0 aliphatic carbocycles. The Hall–Kier alpha value is -0.0800. The highest BCUT2D eigenvalue weighted by molar-refractivity contribution is 4.72. The molecule has 0 radical (unpaired) electrons. The van der Waals surface area contributed by atoms with Crippen molar-refractivity contribution in [1.82, 2.24) is 9.80 Å². The van der Waals surface area contributed by atoms with E-state index in [0.29, 0.717) is 0 Å². The molecule has 2 aliphatic heterocycles. The highest BCUT2D eigenvalue weighted by atomic mass is 15.2. The van der Waals surface area contributed by atoms with Crippen LogP contribution < -0.4 is 0 Å². The topological polar surface area (TPSA) is 6.48 Å². The van der Waals surface area contributed by atoms with Gasteiger partial charge in [-0.05, 0) is 70.1 Å². The highest BCUT2D eigenvalue weighted by Crippen LogP contribution is 2.18. The summed E-state index contributed by atoms with van der Waals surface area (Å²) < 4.78 is 0. The van der Waals surface area contributed by atoms with E-state index < -0.39 is 0 Å². The van der Waals surface area contributed by atoms with E-state index in [0.717, 1.165) is 11.8 Å². The van der Waals surface area contributed by atoms with E-state index in [4.69, 9.17) is 0 Å². The molecule has 0 aromatic carbocycles. The summed E-state index contributed by atoms with van der Waals surface area (Å²) in [6.45, 7) is 12.8. The second-order valence-electron chi connectivity index (χ2n) is 6.40. The quantitative estimate of drug-likeness (QED) is 0.746. The van der Waals surface area contributed by atoms with Crippen LogP contribution in [0.15, 0.2) is 0 Å². The van der Waals surface area contributed by atoms with Crippen LogP contribution in [0.4, 0.5) is 0 Å². The molecular weight excluding hydrogens is 208 g/mol. The number of hydrogen-bond donors (Lipinski definition) is 0. The van der Waals surface area contributed by atoms with Crippen LogP contribution in [0.2, 0.25) is 0 Å². The lowest BCUT2D eigenvalue weighted by Crippen LogP contribution is -2.39. The fraction of sp³-hybridized carbons (Fsp3) is 1.00. The van der Waals surface area contributed by atoms with Gasteiger partial charge in [0.15, 0.2) is 0 Å². The number of hydrogen-bond acceptors (Lipinski definition) is 2. The van der Waals surface area contributed by atoms with Crippen molar-refractivity contribution in [3.8, 4) is 0 Å². The van der Waals surface area contributed by atoms with Crippen molar-refractivity contribution in [3.63, 3.8) is 0 Å². The van der Waals surface area contributed by atoms with E-state index in [1.165, 1.54) is 71.4 Å². The summed E-state index contributed by atoms with van der Waals surface area (Å²) >= 11 is 0. The van der Waals surface area contributed by atoms with Crippen LogP contribution >= 0.6 is 0 Å². The first-order chi connectivity index (χ1) is 8.24. The van der Waals surface area contributed by atoms with Crippen LogP contribution in [-0.2, 0) is 0 Å². The van der Waals surface area contributed by atoms with Crippen molar-refractivity contribution < 1.29 is 0 Å². The zero-order chi connectivity index (χ0) is 12.1. The molecule has 2 rings (SSSR count). The summed E-state index contributed by atoms with van der Waals surface area (Å²) in [6.07, 6.45) is 7.10. The molecule has 100 valence electrons. The van der Waals surface area contributed by atoms with Gasteiger partial charge in [-0.1, -0.05) is 13.8 Å². The molecule has 0 amide bonds. The molecule has 0 N–H and O–H groups in total. The Labute approximate surface area is 107 Å². The van der Waals surface area contributed by atoms with Gasteiger partial charge in [-0.15, -0.1) is 0 Å². The molecule has 0 bridgehead atoms. The first kappa shape index (κ1) is 13.4. The summed E-state index contributed by atoms with van der Waals surface area (Å²) in [5.41, 5.74) is 0. The molecule has 0 saturated carbocycles. The molecule has 2 heterocycles. The summed E-state index contributed by atoms with van der Waals surface area (Å²) in [5.74, 6) is 1.92. The predicted octanol–water partition coefficient (Wildman–Crippen LogP) is 2.84. The first-order valence-corrected chi connectivity index (χ1v) is 7.69. The van der Waals surface area contributed by atoms with Gasteiger partial charge >= 0.3 is 0 Å². The van der Waals surface area contributed by atoms with Crippen LogP contribution in [0.5, 0.6) is 0 Å². The highest BCUT2D eigenvalue weighted by Gasteiger charge is 2.17. The van der Waals surface area contributed by atoms with E-state index in [2.05, 4.69) is 23.6 Å². The van der Waals surface area contributed by atoms with Crippen molar-refractivity contribution in [2.24, 2.45) is 11.8 Å². The standard InChI is InChI=1S/C15H30N2/c1-14-4-3-8-16(9-5-14)12-13-17-10-6-15(2)7-11-17/h14-15H,3-13H2,1-2H3. The fourth-order valence-electron chi connectivity index (χ4n) is 3.11. The van der Waals surface area contributed by atoms with Crippen molar-refractivity contribution in [2.45, 2.75) is 46.0 Å². The molecule has 2 nitrogen and oxygen atoms in total. The van der Waals surface area contributed by atoms with Gasteiger partial charge in [0.1, 0.15) is 0 Å². The minimum absolute atomic E-state index is 0.954.